The van der Waals surface area contributed by atoms with Crippen molar-refractivity contribution in [1.29, 1.82) is 0 Å². The predicted molar refractivity (Wildman–Crippen MR) is 112 cm³/mol. The Morgan fingerprint density at radius 2 is 1.04 bits per heavy atom. The van der Waals surface area contributed by atoms with Gasteiger partial charge < -0.3 is 9.47 Å². The highest BCUT2D eigenvalue weighted by Crippen LogP contribution is 2.42. The summed E-state index contributed by atoms with van der Waals surface area (Å²) in [5, 5.41) is 7.22. The molecule has 1 aromatic heterocycles. The van der Waals surface area contributed by atoms with Gasteiger partial charge in [0.15, 0.2) is 5.75 Å². The molecule has 5 rings (SSSR count). The van der Waals surface area contributed by atoms with Gasteiger partial charge in [-0.3, -0.25) is 0 Å². The Balaban J connectivity index is 1.51. The molecular weight excluding hydrogens is 352 g/mol. The molecule has 0 bridgehead atoms. The van der Waals surface area contributed by atoms with Crippen molar-refractivity contribution in [3.05, 3.63) is 96.4 Å². The van der Waals surface area contributed by atoms with E-state index in [0.29, 0.717) is 0 Å². The van der Waals surface area contributed by atoms with Crippen LogP contribution >= 0.6 is 11.3 Å². The van der Waals surface area contributed by atoms with Crippen molar-refractivity contribution in [2.45, 2.75) is 0 Å². The zero-order valence-corrected chi connectivity index (χ0v) is 15.3. The van der Waals surface area contributed by atoms with E-state index in [-0.39, 0.29) is 0 Å². The lowest BCUT2D eigenvalue weighted by Gasteiger charge is -2.11. The highest BCUT2D eigenvalue weighted by Gasteiger charge is 2.12. The number of benzene rings is 4. The van der Waals surface area contributed by atoms with E-state index in [0.717, 1.165) is 43.9 Å². The molecule has 3 heteroatoms. The minimum Gasteiger partial charge on any atom is -0.452 e. The van der Waals surface area contributed by atoms with E-state index in [4.69, 9.17) is 9.47 Å². The molecule has 0 radical (unpaired) electrons. The highest BCUT2D eigenvalue weighted by molar-refractivity contribution is 7.12. The van der Waals surface area contributed by atoms with Crippen LogP contribution in [-0.2, 0) is 0 Å². The molecule has 0 unspecified atom stereocenters. The zero-order valence-electron chi connectivity index (χ0n) is 14.5. The molecule has 0 atom stereocenters. The van der Waals surface area contributed by atoms with E-state index in [2.05, 4.69) is 36.4 Å². The van der Waals surface area contributed by atoms with Crippen LogP contribution in [0.5, 0.6) is 22.3 Å². The maximum Gasteiger partial charge on any atom is 0.223 e. The van der Waals surface area contributed by atoms with Crippen LogP contribution in [0.1, 0.15) is 0 Å². The lowest BCUT2D eigenvalue weighted by molar-refractivity contribution is 0.434. The van der Waals surface area contributed by atoms with Gasteiger partial charge in [-0.05, 0) is 34.4 Å². The molecule has 2 nitrogen and oxygen atoms in total. The summed E-state index contributed by atoms with van der Waals surface area (Å²) in [6.45, 7) is 0. The van der Waals surface area contributed by atoms with Crippen molar-refractivity contribution in [3.8, 4) is 22.3 Å². The second kappa shape index (κ2) is 6.78. The summed E-state index contributed by atoms with van der Waals surface area (Å²) < 4.78 is 12.5. The normalized spacial score (nSPS) is 11.0. The molecule has 0 N–H and O–H groups in total. The SMILES string of the molecule is c1ccc2c(Oc3ccsc3Oc3cccc4ccccc34)cccc2c1. The largest absolute Gasteiger partial charge is 0.452 e. The predicted octanol–water partition coefficient (Wildman–Crippen LogP) is 7.64. The van der Waals surface area contributed by atoms with Crippen LogP contribution < -0.4 is 9.47 Å². The number of thiophene rings is 1. The summed E-state index contributed by atoms with van der Waals surface area (Å²) in [5.41, 5.74) is 0. The van der Waals surface area contributed by atoms with Crippen molar-refractivity contribution >= 4 is 32.9 Å². The highest BCUT2D eigenvalue weighted by atomic mass is 32.1. The summed E-state index contributed by atoms with van der Waals surface area (Å²) in [6.07, 6.45) is 0. The maximum absolute atomic E-state index is 6.24. The molecule has 0 aliphatic carbocycles. The lowest BCUT2D eigenvalue weighted by Crippen LogP contribution is -1.88. The van der Waals surface area contributed by atoms with Gasteiger partial charge in [0.2, 0.25) is 5.06 Å². The fourth-order valence-corrected chi connectivity index (χ4v) is 3.90. The molecular formula is C24H16O2S. The fraction of sp³-hybridized carbons (Fsp3) is 0. The first kappa shape index (κ1) is 15.9. The molecule has 0 aliphatic rings. The van der Waals surface area contributed by atoms with Gasteiger partial charge >= 0.3 is 0 Å². The summed E-state index contributed by atoms with van der Waals surface area (Å²) in [6, 6.07) is 30.6. The standard InChI is InChI=1S/C24H16O2S/c1-3-11-19-17(7-1)9-5-13-21(19)25-23-15-16-27-24(23)26-22-14-6-10-18-8-2-4-12-20(18)22/h1-16H. The minimum absolute atomic E-state index is 0.726. The Morgan fingerprint density at radius 3 is 1.70 bits per heavy atom. The van der Waals surface area contributed by atoms with E-state index < -0.39 is 0 Å². The van der Waals surface area contributed by atoms with Crippen LogP contribution in [0, 0.1) is 0 Å². The Kier molecular flexibility index (Phi) is 4.00. The number of hydrogen-bond acceptors (Lipinski definition) is 3. The van der Waals surface area contributed by atoms with Gasteiger partial charge in [-0.15, -0.1) is 11.3 Å². The fourth-order valence-electron chi connectivity index (χ4n) is 3.22. The van der Waals surface area contributed by atoms with Gasteiger partial charge in [0.1, 0.15) is 11.5 Å². The number of ether oxygens (including phenoxy) is 2. The molecule has 4 aromatic carbocycles. The van der Waals surface area contributed by atoms with Crippen LogP contribution in [-0.4, -0.2) is 0 Å². The van der Waals surface area contributed by atoms with Gasteiger partial charge in [-0.1, -0.05) is 72.8 Å². The van der Waals surface area contributed by atoms with Crippen LogP contribution in [0.3, 0.4) is 0 Å². The van der Waals surface area contributed by atoms with E-state index in [9.17, 15) is 0 Å². The second-order valence-corrected chi connectivity index (χ2v) is 7.11. The number of rotatable bonds is 4. The molecule has 27 heavy (non-hydrogen) atoms. The van der Waals surface area contributed by atoms with Crippen molar-refractivity contribution in [3.63, 3.8) is 0 Å². The first-order chi connectivity index (χ1) is 13.4. The quantitative estimate of drug-likeness (QED) is 0.324. The topological polar surface area (TPSA) is 18.5 Å². The smallest absolute Gasteiger partial charge is 0.223 e. The molecule has 1 heterocycles. The average Bonchev–Trinajstić information content (AvgIpc) is 3.15. The maximum atomic E-state index is 6.24. The molecule has 0 saturated carbocycles. The van der Waals surface area contributed by atoms with Crippen LogP contribution in [0.15, 0.2) is 96.4 Å². The van der Waals surface area contributed by atoms with Crippen LogP contribution in [0.4, 0.5) is 0 Å². The van der Waals surface area contributed by atoms with Gasteiger partial charge in [0, 0.05) is 10.8 Å². The zero-order chi connectivity index (χ0) is 18.1. The van der Waals surface area contributed by atoms with Crippen LogP contribution in [0.2, 0.25) is 0 Å². The summed E-state index contributed by atoms with van der Waals surface area (Å²) in [5.74, 6) is 2.39. The summed E-state index contributed by atoms with van der Waals surface area (Å²) in [7, 11) is 0. The minimum atomic E-state index is 0.726. The third kappa shape index (κ3) is 3.03. The third-order valence-electron chi connectivity index (χ3n) is 4.52. The van der Waals surface area contributed by atoms with Crippen molar-refractivity contribution < 1.29 is 9.47 Å². The molecule has 0 amide bonds. The Labute approximate surface area is 161 Å². The number of fused-ring (bicyclic) bond motifs is 2. The van der Waals surface area contributed by atoms with Crippen molar-refractivity contribution in [2.24, 2.45) is 0 Å². The van der Waals surface area contributed by atoms with Gasteiger partial charge in [-0.2, -0.15) is 0 Å². The van der Waals surface area contributed by atoms with Gasteiger partial charge in [0.05, 0.1) is 0 Å². The Hall–Kier alpha value is -3.30. The van der Waals surface area contributed by atoms with Gasteiger partial charge in [-0.25, -0.2) is 0 Å². The molecule has 0 saturated heterocycles. The summed E-state index contributed by atoms with van der Waals surface area (Å²) in [4.78, 5) is 0. The average molecular weight is 368 g/mol. The van der Waals surface area contributed by atoms with Gasteiger partial charge in [0.25, 0.3) is 0 Å². The second-order valence-electron chi connectivity index (χ2n) is 6.23. The van der Waals surface area contributed by atoms with E-state index >= 15 is 0 Å². The monoisotopic (exact) mass is 368 g/mol. The van der Waals surface area contributed by atoms with Crippen LogP contribution in [0.25, 0.3) is 21.5 Å². The third-order valence-corrected chi connectivity index (χ3v) is 5.29. The Morgan fingerprint density at radius 1 is 0.481 bits per heavy atom. The molecule has 0 fully saturated rings. The summed E-state index contributed by atoms with van der Waals surface area (Å²) >= 11 is 1.53. The number of hydrogen-bond donors (Lipinski definition) is 0. The van der Waals surface area contributed by atoms with E-state index in [1.165, 1.54) is 11.3 Å². The van der Waals surface area contributed by atoms with Crippen molar-refractivity contribution in [1.82, 2.24) is 0 Å². The molecule has 130 valence electrons. The van der Waals surface area contributed by atoms with E-state index in [1.54, 1.807) is 0 Å². The lowest BCUT2D eigenvalue weighted by atomic mass is 10.1. The first-order valence-electron chi connectivity index (χ1n) is 8.77. The van der Waals surface area contributed by atoms with Crippen molar-refractivity contribution in [2.75, 3.05) is 0 Å². The first-order valence-corrected chi connectivity index (χ1v) is 9.65. The molecule has 0 spiro atoms. The molecule has 5 aromatic rings. The van der Waals surface area contributed by atoms with E-state index in [1.807, 2.05) is 60.0 Å². The Bertz CT molecular complexity index is 1130. The molecule has 0 aliphatic heterocycles.